The molecule has 7 heteroatoms. The second-order valence-corrected chi connectivity index (χ2v) is 7.57. The van der Waals surface area contributed by atoms with Gasteiger partial charge in [0.25, 0.3) is 0 Å². The molecule has 0 spiro atoms. The average Bonchev–Trinajstić information content (AvgIpc) is 3.43. The minimum absolute atomic E-state index is 0.195. The number of anilines is 1. The standard InChI is InChI=1S/C18H23N5OS/c1-14-19-20-18(23(14)16-7-8-16)25-13-17(24)22-11-9-21(10-12-22)15-5-3-2-4-6-15/h2-6,16H,7-13H2,1H3. The highest BCUT2D eigenvalue weighted by molar-refractivity contribution is 7.99. The first-order chi connectivity index (χ1) is 12.2. The van der Waals surface area contributed by atoms with Crippen LogP contribution in [0, 0.1) is 6.92 Å². The number of carbonyl (C=O) groups is 1. The molecular weight excluding hydrogens is 334 g/mol. The minimum atomic E-state index is 0.195. The van der Waals surface area contributed by atoms with Crippen LogP contribution in [0.3, 0.4) is 0 Å². The molecule has 0 N–H and O–H groups in total. The van der Waals surface area contributed by atoms with Gasteiger partial charge in [-0.1, -0.05) is 30.0 Å². The van der Waals surface area contributed by atoms with Crippen molar-refractivity contribution in [2.75, 3.05) is 36.8 Å². The summed E-state index contributed by atoms with van der Waals surface area (Å²) in [5.41, 5.74) is 1.23. The Bertz CT molecular complexity index is 735. The van der Waals surface area contributed by atoms with E-state index in [0.717, 1.165) is 37.2 Å². The molecule has 1 saturated heterocycles. The van der Waals surface area contributed by atoms with Gasteiger partial charge < -0.3 is 14.4 Å². The van der Waals surface area contributed by atoms with Crippen molar-refractivity contribution in [3.8, 4) is 0 Å². The zero-order valence-electron chi connectivity index (χ0n) is 14.5. The molecule has 1 aliphatic carbocycles. The van der Waals surface area contributed by atoms with Crippen LogP contribution >= 0.6 is 11.8 Å². The van der Waals surface area contributed by atoms with Crippen LogP contribution in [0.15, 0.2) is 35.5 Å². The quantitative estimate of drug-likeness (QED) is 0.769. The molecule has 0 radical (unpaired) electrons. The molecule has 132 valence electrons. The first-order valence-electron chi connectivity index (χ1n) is 8.84. The van der Waals surface area contributed by atoms with Crippen molar-refractivity contribution >= 4 is 23.4 Å². The molecule has 0 bridgehead atoms. The van der Waals surface area contributed by atoms with Crippen LogP contribution in [-0.2, 0) is 4.79 Å². The molecule has 2 heterocycles. The molecule has 25 heavy (non-hydrogen) atoms. The highest BCUT2D eigenvalue weighted by atomic mass is 32.2. The summed E-state index contributed by atoms with van der Waals surface area (Å²) in [5, 5.41) is 9.30. The lowest BCUT2D eigenvalue weighted by molar-refractivity contribution is -0.128. The Hall–Kier alpha value is -2.02. The van der Waals surface area contributed by atoms with Crippen LogP contribution in [0.1, 0.15) is 24.7 Å². The molecule has 1 aromatic heterocycles. The minimum Gasteiger partial charge on any atom is -0.368 e. The molecule has 1 amide bonds. The van der Waals surface area contributed by atoms with Crippen molar-refractivity contribution in [3.63, 3.8) is 0 Å². The van der Waals surface area contributed by atoms with E-state index in [0.29, 0.717) is 11.8 Å². The predicted molar refractivity (Wildman–Crippen MR) is 99.0 cm³/mol. The van der Waals surface area contributed by atoms with E-state index in [1.165, 1.54) is 30.3 Å². The Kier molecular flexibility index (Phi) is 4.65. The number of benzene rings is 1. The largest absolute Gasteiger partial charge is 0.368 e. The summed E-state index contributed by atoms with van der Waals surface area (Å²) in [6.45, 7) is 5.32. The molecular formula is C18H23N5OS. The number of carbonyl (C=O) groups excluding carboxylic acids is 1. The summed E-state index contributed by atoms with van der Waals surface area (Å²) in [5.74, 6) is 1.59. The number of amides is 1. The van der Waals surface area contributed by atoms with Crippen molar-refractivity contribution in [1.82, 2.24) is 19.7 Å². The van der Waals surface area contributed by atoms with Crippen molar-refractivity contribution in [1.29, 1.82) is 0 Å². The number of piperazine rings is 1. The molecule has 6 nitrogen and oxygen atoms in total. The van der Waals surface area contributed by atoms with E-state index >= 15 is 0 Å². The lowest BCUT2D eigenvalue weighted by atomic mass is 10.2. The van der Waals surface area contributed by atoms with E-state index in [9.17, 15) is 4.79 Å². The van der Waals surface area contributed by atoms with Crippen LogP contribution in [-0.4, -0.2) is 57.5 Å². The summed E-state index contributed by atoms with van der Waals surface area (Å²) >= 11 is 1.52. The summed E-state index contributed by atoms with van der Waals surface area (Å²) in [7, 11) is 0. The van der Waals surface area contributed by atoms with Gasteiger partial charge in [-0.2, -0.15) is 0 Å². The predicted octanol–water partition coefficient (Wildman–Crippen LogP) is 2.36. The number of rotatable bonds is 5. The Labute approximate surface area is 152 Å². The van der Waals surface area contributed by atoms with Gasteiger partial charge in [-0.05, 0) is 31.9 Å². The smallest absolute Gasteiger partial charge is 0.233 e. The maximum atomic E-state index is 12.5. The summed E-state index contributed by atoms with van der Waals surface area (Å²) in [6.07, 6.45) is 2.39. The van der Waals surface area contributed by atoms with Crippen molar-refractivity contribution in [2.24, 2.45) is 0 Å². The first kappa shape index (κ1) is 16.4. The molecule has 2 fully saturated rings. The van der Waals surface area contributed by atoms with Crippen LogP contribution in [0.5, 0.6) is 0 Å². The van der Waals surface area contributed by atoms with Gasteiger partial charge in [-0.15, -0.1) is 10.2 Å². The van der Waals surface area contributed by atoms with Crippen molar-refractivity contribution in [2.45, 2.75) is 31.0 Å². The summed E-state index contributed by atoms with van der Waals surface area (Å²) in [6, 6.07) is 10.9. The maximum Gasteiger partial charge on any atom is 0.233 e. The van der Waals surface area contributed by atoms with Crippen LogP contribution in [0.4, 0.5) is 5.69 Å². The van der Waals surface area contributed by atoms with E-state index in [-0.39, 0.29) is 5.91 Å². The van der Waals surface area contributed by atoms with Crippen molar-refractivity contribution < 1.29 is 4.79 Å². The normalized spacial score (nSPS) is 17.8. The van der Waals surface area contributed by atoms with Crippen LogP contribution in [0.2, 0.25) is 0 Å². The number of nitrogens with zero attached hydrogens (tertiary/aromatic N) is 5. The van der Waals surface area contributed by atoms with Gasteiger partial charge in [-0.25, -0.2) is 0 Å². The third kappa shape index (κ3) is 3.66. The molecule has 1 aromatic carbocycles. The second-order valence-electron chi connectivity index (χ2n) is 6.62. The zero-order valence-corrected chi connectivity index (χ0v) is 15.3. The molecule has 0 atom stereocenters. The van der Waals surface area contributed by atoms with Gasteiger partial charge >= 0.3 is 0 Å². The topological polar surface area (TPSA) is 54.3 Å². The number of thioether (sulfide) groups is 1. The Morgan fingerprint density at radius 2 is 1.84 bits per heavy atom. The van der Waals surface area contributed by atoms with Crippen molar-refractivity contribution in [3.05, 3.63) is 36.2 Å². The maximum absolute atomic E-state index is 12.5. The van der Waals surface area contributed by atoms with Gasteiger partial charge in [0.1, 0.15) is 5.82 Å². The lowest BCUT2D eigenvalue weighted by Gasteiger charge is -2.36. The highest BCUT2D eigenvalue weighted by Crippen LogP contribution is 2.38. The molecule has 1 aliphatic heterocycles. The Balaban J connectivity index is 1.30. The molecule has 4 rings (SSSR count). The molecule has 2 aliphatic rings. The van der Waals surface area contributed by atoms with E-state index < -0.39 is 0 Å². The fourth-order valence-corrected chi connectivity index (χ4v) is 4.23. The van der Waals surface area contributed by atoms with Crippen LogP contribution in [0.25, 0.3) is 0 Å². The van der Waals surface area contributed by atoms with Gasteiger partial charge in [0.15, 0.2) is 5.16 Å². The average molecular weight is 357 g/mol. The molecule has 0 unspecified atom stereocenters. The summed E-state index contributed by atoms with van der Waals surface area (Å²) in [4.78, 5) is 16.9. The van der Waals surface area contributed by atoms with Gasteiger partial charge in [0.2, 0.25) is 5.91 Å². The number of aromatic nitrogens is 3. The number of hydrogen-bond donors (Lipinski definition) is 0. The van der Waals surface area contributed by atoms with Gasteiger partial charge in [0.05, 0.1) is 5.75 Å². The van der Waals surface area contributed by atoms with E-state index in [4.69, 9.17) is 0 Å². The van der Waals surface area contributed by atoms with Gasteiger partial charge in [-0.3, -0.25) is 4.79 Å². The van der Waals surface area contributed by atoms with E-state index in [2.05, 4.69) is 43.9 Å². The third-order valence-corrected chi connectivity index (χ3v) is 5.75. The Morgan fingerprint density at radius 1 is 1.12 bits per heavy atom. The molecule has 2 aromatic rings. The van der Waals surface area contributed by atoms with E-state index in [1.54, 1.807) is 0 Å². The monoisotopic (exact) mass is 357 g/mol. The van der Waals surface area contributed by atoms with E-state index in [1.807, 2.05) is 17.9 Å². The molecule has 1 saturated carbocycles. The van der Waals surface area contributed by atoms with Gasteiger partial charge in [0, 0.05) is 37.9 Å². The zero-order chi connectivity index (χ0) is 17.2. The fourth-order valence-electron chi connectivity index (χ4n) is 3.27. The lowest BCUT2D eigenvalue weighted by Crippen LogP contribution is -2.49. The second kappa shape index (κ2) is 7.07. The first-order valence-corrected chi connectivity index (χ1v) is 9.83. The number of para-hydroxylation sites is 1. The van der Waals surface area contributed by atoms with Crippen LogP contribution < -0.4 is 4.90 Å². The fraction of sp³-hybridized carbons (Fsp3) is 0.500. The Morgan fingerprint density at radius 3 is 2.52 bits per heavy atom. The SMILES string of the molecule is Cc1nnc(SCC(=O)N2CCN(c3ccccc3)CC2)n1C1CC1. The summed E-state index contributed by atoms with van der Waals surface area (Å²) < 4.78 is 2.19. The third-order valence-electron chi connectivity index (χ3n) is 4.83. The number of aryl methyl sites for hydroxylation is 1. The number of hydrogen-bond acceptors (Lipinski definition) is 5. The highest BCUT2D eigenvalue weighted by Gasteiger charge is 2.29.